The van der Waals surface area contributed by atoms with E-state index in [9.17, 15) is 5.26 Å². The molecule has 0 saturated heterocycles. The van der Waals surface area contributed by atoms with Crippen molar-refractivity contribution in [2.75, 3.05) is 0 Å². The van der Waals surface area contributed by atoms with Crippen LogP contribution in [0.4, 0.5) is 0 Å². The average molecular weight is 444 g/mol. The van der Waals surface area contributed by atoms with E-state index < -0.39 is 0 Å². The molecule has 1 fully saturated rings. The minimum atomic E-state index is -0.277. The van der Waals surface area contributed by atoms with Crippen molar-refractivity contribution < 1.29 is 0 Å². The Balaban J connectivity index is 1.53. The maximum Gasteiger partial charge on any atom is 0.0822 e. The second-order valence-electron chi connectivity index (χ2n) is 10.4. The summed E-state index contributed by atoms with van der Waals surface area (Å²) in [6.07, 6.45) is 19.1. The zero-order valence-electron chi connectivity index (χ0n) is 21.2. The maximum absolute atomic E-state index is 10.1. The number of benzene rings is 2. The van der Waals surface area contributed by atoms with E-state index in [1.807, 2.05) is 0 Å². The van der Waals surface area contributed by atoms with E-state index in [1.54, 1.807) is 0 Å². The van der Waals surface area contributed by atoms with Gasteiger partial charge in [-0.1, -0.05) is 120 Å². The van der Waals surface area contributed by atoms with E-state index in [4.69, 9.17) is 0 Å². The van der Waals surface area contributed by atoms with Crippen LogP contribution in [0.5, 0.6) is 0 Å². The van der Waals surface area contributed by atoms with Crippen molar-refractivity contribution in [3.63, 3.8) is 0 Å². The summed E-state index contributed by atoms with van der Waals surface area (Å²) in [5.74, 6) is 0.826. The summed E-state index contributed by atoms with van der Waals surface area (Å²) in [6, 6.07) is 20.8. The van der Waals surface area contributed by atoms with Gasteiger partial charge in [0.2, 0.25) is 0 Å². The lowest BCUT2D eigenvalue weighted by atomic mass is 9.66. The molecule has 0 aromatic heterocycles. The first-order valence-electron chi connectivity index (χ1n) is 13.8. The summed E-state index contributed by atoms with van der Waals surface area (Å²) in [4.78, 5) is 0. The number of nitrogens with zero attached hydrogens (tertiary/aromatic N) is 1. The summed E-state index contributed by atoms with van der Waals surface area (Å²) in [5, 5.41) is 10.1. The van der Waals surface area contributed by atoms with Gasteiger partial charge in [0.15, 0.2) is 0 Å². The van der Waals surface area contributed by atoms with Crippen LogP contribution < -0.4 is 0 Å². The fraction of sp³-hybridized carbons (Fsp3) is 0.594. The highest BCUT2D eigenvalue weighted by Gasteiger charge is 2.36. The Hall–Kier alpha value is -2.07. The molecule has 0 radical (unpaired) electrons. The number of aryl methyl sites for hydroxylation is 1. The lowest BCUT2D eigenvalue weighted by Crippen LogP contribution is -2.30. The molecule has 0 atom stereocenters. The molecule has 33 heavy (non-hydrogen) atoms. The van der Waals surface area contributed by atoms with E-state index in [-0.39, 0.29) is 5.41 Å². The van der Waals surface area contributed by atoms with E-state index in [0.717, 1.165) is 18.8 Å². The second-order valence-corrected chi connectivity index (χ2v) is 10.4. The lowest BCUT2D eigenvalue weighted by Gasteiger charge is -2.35. The van der Waals surface area contributed by atoms with Crippen LogP contribution in [0.15, 0.2) is 48.5 Å². The Kier molecular flexibility index (Phi) is 10.5. The van der Waals surface area contributed by atoms with Crippen LogP contribution >= 0.6 is 0 Å². The molecular weight excluding hydrogens is 398 g/mol. The minimum absolute atomic E-state index is 0.277. The molecular formula is C32H45N. The van der Waals surface area contributed by atoms with Crippen LogP contribution in [0.2, 0.25) is 0 Å². The molecule has 3 rings (SSSR count). The third kappa shape index (κ3) is 7.46. The molecule has 1 heteroatoms. The van der Waals surface area contributed by atoms with Crippen molar-refractivity contribution in [1.29, 1.82) is 5.26 Å². The predicted octanol–water partition coefficient (Wildman–Crippen LogP) is 9.79. The molecule has 1 aliphatic rings. The van der Waals surface area contributed by atoms with Crippen LogP contribution in [0.1, 0.15) is 115 Å². The molecule has 178 valence electrons. The van der Waals surface area contributed by atoms with Gasteiger partial charge in [-0.15, -0.1) is 0 Å². The van der Waals surface area contributed by atoms with Crippen LogP contribution in [0.3, 0.4) is 0 Å². The SMILES string of the molecule is CCCCCCCCc1ccc(-c2ccc([C@]3(C#N)CC[C@H](CCCCC)CC3)cc2)cc1. The van der Waals surface area contributed by atoms with Gasteiger partial charge in [0.05, 0.1) is 11.5 Å². The predicted molar refractivity (Wildman–Crippen MR) is 142 cm³/mol. The topological polar surface area (TPSA) is 23.8 Å². The maximum atomic E-state index is 10.1. The first-order chi connectivity index (χ1) is 16.2. The summed E-state index contributed by atoms with van der Waals surface area (Å²) in [6.45, 7) is 4.55. The van der Waals surface area contributed by atoms with Gasteiger partial charge in [-0.05, 0) is 66.7 Å². The Morgan fingerprint density at radius 1 is 0.727 bits per heavy atom. The van der Waals surface area contributed by atoms with Gasteiger partial charge in [0.1, 0.15) is 0 Å². The van der Waals surface area contributed by atoms with Gasteiger partial charge < -0.3 is 0 Å². The zero-order valence-corrected chi connectivity index (χ0v) is 21.2. The van der Waals surface area contributed by atoms with Gasteiger partial charge in [-0.2, -0.15) is 5.26 Å². The number of hydrogen-bond acceptors (Lipinski definition) is 1. The van der Waals surface area contributed by atoms with E-state index in [0.29, 0.717) is 0 Å². The Labute approximate surface area is 203 Å². The second kappa shape index (κ2) is 13.6. The molecule has 0 amide bonds. The molecule has 2 aromatic carbocycles. The quantitative estimate of drug-likeness (QED) is 0.283. The standard InChI is InChI=1S/C32H45N/c1-3-5-7-8-9-11-13-27-14-16-29(17-15-27)30-18-20-31(21-19-30)32(26-33)24-22-28(23-25-32)12-10-6-4-2/h14-21,28H,3-13,22-25H2,1-2H3/t28-,32+. The Morgan fingerprint density at radius 2 is 1.27 bits per heavy atom. The van der Waals surface area contributed by atoms with Gasteiger partial charge in [0, 0.05) is 0 Å². The summed E-state index contributed by atoms with van der Waals surface area (Å²) < 4.78 is 0. The molecule has 0 aliphatic heterocycles. The summed E-state index contributed by atoms with van der Waals surface area (Å²) in [7, 11) is 0. The third-order valence-electron chi connectivity index (χ3n) is 7.93. The number of rotatable bonds is 13. The molecule has 0 bridgehead atoms. The summed E-state index contributed by atoms with van der Waals surface area (Å²) in [5.41, 5.74) is 4.93. The van der Waals surface area contributed by atoms with Crippen LogP contribution in [0, 0.1) is 17.2 Å². The first-order valence-corrected chi connectivity index (χ1v) is 13.8. The minimum Gasteiger partial charge on any atom is -0.197 e. The van der Waals surface area contributed by atoms with Crippen LogP contribution in [-0.4, -0.2) is 0 Å². The molecule has 1 nitrogen and oxygen atoms in total. The fourth-order valence-corrected chi connectivity index (χ4v) is 5.56. The highest BCUT2D eigenvalue weighted by molar-refractivity contribution is 5.64. The fourth-order valence-electron chi connectivity index (χ4n) is 5.56. The molecule has 0 spiro atoms. The van der Waals surface area contributed by atoms with Gasteiger partial charge >= 0.3 is 0 Å². The van der Waals surface area contributed by atoms with E-state index in [1.165, 1.54) is 106 Å². The zero-order chi connectivity index (χ0) is 23.4. The largest absolute Gasteiger partial charge is 0.197 e. The van der Waals surface area contributed by atoms with Crippen LogP contribution in [0.25, 0.3) is 11.1 Å². The summed E-state index contributed by atoms with van der Waals surface area (Å²) >= 11 is 0. The van der Waals surface area contributed by atoms with Crippen molar-refractivity contribution >= 4 is 0 Å². The number of unbranched alkanes of at least 4 members (excludes halogenated alkanes) is 7. The third-order valence-corrected chi connectivity index (χ3v) is 7.93. The van der Waals surface area contributed by atoms with Gasteiger partial charge in [0.25, 0.3) is 0 Å². The lowest BCUT2D eigenvalue weighted by molar-refractivity contribution is 0.262. The molecule has 0 heterocycles. The van der Waals surface area contributed by atoms with Crippen molar-refractivity contribution in [3.8, 4) is 17.2 Å². The van der Waals surface area contributed by atoms with Gasteiger partial charge in [-0.3, -0.25) is 0 Å². The monoisotopic (exact) mass is 443 g/mol. The number of nitriles is 1. The highest BCUT2D eigenvalue weighted by atomic mass is 14.4. The van der Waals surface area contributed by atoms with Crippen molar-refractivity contribution in [2.24, 2.45) is 5.92 Å². The Morgan fingerprint density at radius 3 is 1.88 bits per heavy atom. The normalized spacial score (nSPS) is 20.5. The van der Waals surface area contributed by atoms with Gasteiger partial charge in [-0.25, -0.2) is 0 Å². The molecule has 1 saturated carbocycles. The molecule has 2 aromatic rings. The highest BCUT2D eigenvalue weighted by Crippen LogP contribution is 2.43. The first kappa shape index (κ1) is 25.6. The average Bonchev–Trinajstić information content (AvgIpc) is 2.87. The van der Waals surface area contributed by atoms with Crippen molar-refractivity contribution in [3.05, 3.63) is 59.7 Å². The van der Waals surface area contributed by atoms with Crippen LogP contribution in [-0.2, 0) is 11.8 Å². The molecule has 0 N–H and O–H groups in total. The van der Waals surface area contributed by atoms with Crippen molar-refractivity contribution in [2.45, 2.75) is 116 Å². The Bertz CT molecular complexity index is 832. The van der Waals surface area contributed by atoms with E-state index >= 15 is 0 Å². The smallest absolute Gasteiger partial charge is 0.0822 e. The van der Waals surface area contributed by atoms with E-state index in [2.05, 4.69) is 68.4 Å². The van der Waals surface area contributed by atoms with Crippen molar-refractivity contribution in [1.82, 2.24) is 0 Å². The molecule has 1 aliphatic carbocycles. The number of hydrogen-bond donors (Lipinski definition) is 0. The molecule has 0 unspecified atom stereocenters.